The molecule has 9 heteroatoms. The van der Waals surface area contributed by atoms with Gasteiger partial charge in [-0.15, -0.1) is 0 Å². The van der Waals surface area contributed by atoms with Gasteiger partial charge in [-0.2, -0.15) is 5.10 Å². The van der Waals surface area contributed by atoms with Crippen molar-refractivity contribution in [2.75, 3.05) is 6.54 Å². The van der Waals surface area contributed by atoms with E-state index in [9.17, 15) is 12.8 Å². The van der Waals surface area contributed by atoms with Crippen LogP contribution < -0.4 is 4.72 Å². The highest BCUT2D eigenvalue weighted by Crippen LogP contribution is 2.21. The zero-order valence-corrected chi connectivity index (χ0v) is 11.9. The number of nitrogens with zero attached hydrogens (tertiary/aromatic N) is 2. The lowest BCUT2D eigenvalue weighted by molar-refractivity contribution is 0.577. The Bertz CT molecular complexity index is 676. The molecular formula is C11H12ClFN4O2S. The van der Waals surface area contributed by atoms with Gasteiger partial charge in [0.05, 0.1) is 5.02 Å². The van der Waals surface area contributed by atoms with Crippen LogP contribution in [0.3, 0.4) is 0 Å². The average molecular weight is 319 g/mol. The lowest BCUT2D eigenvalue weighted by Gasteiger charge is -2.07. The Morgan fingerprint density at radius 2 is 2.20 bits per heavy atom. The summed E-state index contributed by atoms with van der Waals surface area (Å²) in [7, 11) is -3.74. The first-order chi connectivity index (χ1) is 9.49. The SMILES string of the molecule is O=S(=O)(NCCCc1ncn[nH]1)c1ccc(F)cc1Cl. The summed E-state index contributed by atoms with van der Waals surface area (Å²) >= 11 is 5.73. The predicted octanol–water partition coefficient (Wildman–Crippen LogP) is 1.51. The Kier molecular flexibility index (Phi) is 4.69. The first-order valence-electron chi connectivity index (χ1n) is 5.78. The van der Waals surface area contributed by atoms with Gasteiger partial charge in [0.1, 0.15) is 22.9 Å². The molecule has 0 aliphatic rings. The lowest BCUT2D eigenvalue weighted by Crippen LogP contribution is -2.25. The van der Waals surface area contributed by atoms with Crippen LogP contribution in [0.2, 0.25) is 5.02 Å². The van der Waals surface area contributed by atoms with Crippen molar-refractivity contribution in [3.8, 4) is 0 Å². The number of aryl methyl sites for hydroxylation is 1. The summed E-state index contributed by atoms with van der Waals surface area (Å²) in [5.74, 6) is 0.100. The summed E-state index contributed by atoms with van der Waals surface area (Å²) in [6.07, 6.45) is 2.50. The van der Waals surface area contributed by atoms with Crippen LogP contribution in [0.15, 0.2) is 29.4 Å². The smallest absolute Gasteiger partial charge is 0.242 e. The van der Waals surface area contributed by atoms with Gasteiger partial charge < -0.3 is 0 Å². The zero-order valence-electron chi connectivity index (χ0n) is 10.3. The molecule has 6 nitrogen and oxygen atoms in total. The van der Waals surface area contributed by atoms with Crippen molar-refractivity contribution in [3.63, 3.8) is 0 Å². The fraction of sp³-hybridized carbons (Fsp3) is 0.273. The summed E-state index contributed by atoms with van der Waals surface area (Å²) < 4.78 is 39.2. The van der Waals surface area contributed by atoms with Crippen LogP contribution in [-0.4, -0.2) is 30.1 Å². The van der Waals surface area contributed by atoms with Gasteiger partial charge in [-0.25, -0.2) is 22.5 Å². The van der Waals surface area contributed by atoms with E-state index in [2.05, 4.69) is 19.9 Å². The Morgan fingerprint density at radius 1 is 1.40 bits per heavy atom. The van der Waals surface area contributed by atoms with E-state index in [4.69, 9.17) is 11.6 Å². The van der Waals surface area contributed by atoms with Crippen LogP contribution in [0.25, 0.3) is 0 Å². The maximum absolute atomic E-state index is 12.9. The standard InChI is InChI=1S/C11H12ClFN4O2S/c12-9-6-8(13)3-4-10(9)20(18,19)16-5-1-2-11-14-7-15-17-11/h3-4,6-7,16H,1-2,5H2,(H,14,15,17). The lowest BCUT2D eigenvalue weighted by atomic mass is 10.3. The van der Waals surface area contributed by atoms with Crippen molar-refractivity contribution < 1.29 is 12.8 Å². The number of nitrogens with one attached hydrogen (secondary N) is 2. The number of hydrogen-bond donors (Lipinski definition) is 2. The van der Waals surface area contributed by atoms with Crippen LogP contribution in [0.5, 0.6) is 0 Å². The van der Waals surface area contributed by atoms with E-state index in [0.29, 0.717) is 18.7 Å². The van der Waals surface area contributed by atoms with E-state index in [0.717, 1.165) is 18.2 Å². The maximum Gasteiger partial charge on any atom is 0.242 e. The van der Waals surface area contributed by atoms with Crippen LogP contribution in [0.1, 0.15) is 12.2 Å². The summed E-state index contributed by atoms with van der Waals surface area (Å²) in [6, 6.07) is 3.15. The molecule has 0 amide bonds. The highest BCUT2D eigenvalue weighted by molar-refractivity contribution is 7.89. The Morgan fingerprint density at radius 3 is 2.85 bits per heavy atom. The fourth-order valence-corrected chi connectivity index (χ4v) is 3.19. The molecule has 0 radical (unpaired) electrons. The maximum atomic E-state index is 12.9. The number of benzene rings is 1. The first kappa shape index (κ1) is 14.9. The summed E-state index contributed by atoms with van der Waals surface area (Å²) in [4.78, 5) is 3.79. The van der Waals surface area contributed by atoms with Gasteiger partial charge in [-0.3, -0.25) is 5.10 Å². The molecule has 1 aromatic heterocycles. The van der Waals surface area contributed by atoms with E-state index >= 15 is 0 Å². The van der Waals surface area contributed by atoms with Gasteiger partial charge in [0.15, 0.2) is 0 Å². The van der Waals surface area contributed by atoms with Crippen molar-refractivity contribution >= 4 is 21.6 Å². The van der Waals surface area contributed by atoms with Crippen LogP contribution >= 0.6 is 11.6 Å². The largest absolute Gasteiger partial charge is 0.263 e. The predicted molar refractivity (Wildman–Crippen MR) is 71.3 cm³/mol. The molecule has 20 heavy (non-hydrogen) atoms. The van der Waals surface area contributed by atoms with Gasteiger partial charge in [-0.1, -0.05) is 11.6 Å². The minimum Gasteiger partial charge on any atom is -0.263 e. The molecule has 0 atom stereocenters. The van der Waals surface area contributed by atoms with Crippen LogP contribution in [0, 0.1) is 5.82 Å². The number of halogens is 2. The molecule has 2 rings (SSSR count). The molecule has 1 aromatic carbocycles. The van der Waals surface area contributed by atoms with E-state index in [1.165, 1.54) is 6.33 Å². The Balaban J connectivity index is 1.93. The van der Waals surface area contributed by atoms with Crippen molar-refractivity contribution in [1.82, 2.24) is 19.9 Å². The van der Waals surface area contributed by atoms with Crippen LogP contribution in [0.4, 0.5) is 4.39 Å². The molecule has 108 valence electrons. The monoisotopic (exact) mass is 318 g/mol. The summed E-state index contributed by atoms with van der Waals surface area (Å²) in [6.45, 7) is 0.219. The van der Waals surface area contributed by atoms with E-state index in [-0.39, 0.29) is 16.5 Å². The average Bonchev–Trinajstić information content (AvgIpc) is 2.87. The number of sulfonamides is 1. The van der Waals surface area contributed by atoms with E-state index in [1.54, 1.807) is 0 Å². The van der Waals surface area contributed by atoms with Crippen molar-refractivity contribution in [2.24, 2.45) is 0 Å². The van der Waals surface area contributed by atoms with Crippen LogP contribution in [-0.2, 0) is 16.4 Å². The number of H-pyrrole nitrogens is 1. The molecule has 1 heterocycles. The van der Waals surface area contributed by atoms with Gasteiger partial charge in [0, 0.05) is 13.0 Å². The van der Waals surface area contributed by atoms with Crippen molar-refractivity contribution in [2.45, 2.75) is 17.7 Å². The minimum absolute atomic E-state index is 0.139. The molecule has 0 unspecified atom stereocenters. The molecule has 0 saturated heterocycles. The number of aromatic amines is 1. The highest BCUT2D eigenvalue weighted by atomic mass is 35.5. The third-order valence-corrected chi connectivity index (χ3v) is 4.47. The second-order valence-corrected chi connectivity index (χ2v) is 6.15. The molecule has 2 N–H and O–H groups in total. The second-order valence-electron chi connectivity index (χ2n) is 4.01. The number of aromatic nitrogens is 3. The second kappa shape index (κ2) is 6.29. The van der Waals surface area contributed by atoms with Gasteiger partial charge in [-0.05, 0) is 24.6 Å². The third-order valence-electron chi connectivity index (χ3n) is 2.53. The van der Waals surface area contributed by atoms with Gasteiger partial charge in [0.2, 0.25) is 10.0 Å². The molecule has 2 aromatic rings. The highest BCUT2D eigenvalue weighted by Gasteiger charge is 2.17. The molecule has 0 spiro atoms. The van der Waals surface area contributed by atoms with Crippen molar-refractivity contribution in [1.29, 1.82) is 0 Å². The summed E-state index contributed by atoms with van der Waals surface area (Å²) in [5, 5.41) is 6.22. The zero-order chi connectivity index (χ0) is 14.6. The Labute approximate surface area is 120 Å². The summed E-state index contributed by atoms with van der Waals surface area (Å²) in [5.41, 5.74) is 0. The molecular weight excluding hydrogens is 307 g/mol. The fourth-order valence-electron chi connectivity index (χ4n) is 1.58. The van der Waals surface area contributed by atoms with Gasteiger partial charge in [0.25, 0.3) is 0 Å². The van der Waals surface area contributed by atoms with E-state index in [1.807, 2.05) is 0 Å². The Hall–Kier alpha value is -1.51. The normalized spacial score (nSPS) is 11.7. The molecule has 0 aliphatic carbocycles. The minimum atomic E-state index is -3.74. The van der Waals surface area contributed by atoms with E-state index < -0.39 is 15.8 Å². The first-order valence-corrected chi connectivity index (χ1v) is 7.64. The molecule has 0 saturated carbocycles. The molecule has 0 bridgehead atoms. The van der Waals surface area contributed by atoms with Crippen molar-refractivity contribution in [3.05, 3.63) is 41.2 Å². The quantitative estimate of drug-likeness (QED) is 0.790. The van der Waals surface area contributed by atoms with Gasteiger partial charge >= 0.3 is 0 Å². The molecule has 0 aliphatic heterocycles. The number of rotatable bonds is 6. The number of hydrogen-bond acceptors (Lipinski definition) is 4. The molecule has 0 fully saturated rings. The topological polar surface area (TPSA) is 87.7 Å². The third kappa shape index (κ3) is 3.75.